The third kappa shape index (κ3) is 4.58. The molecule has 0 aliphatic heterocycles. The molecule has 1 aromatic heterocycles. The summed E-state index contributed by atoms with van der Waals surface area (Å²) in [6.07, 6.45) is 0.957. The van der Waals surface area contributed by atoms with Gasteiger partial charge in [0.1, 0.15) is 17.3 Å². The zero-order chi connectivity index (χ0) is 18.5. The van der Waals surface area contributed by atoms with E-state index in [2.05, 4.69) is 27.5 Å². The molecule has 3 aromatic rings. The fraction of sp³-hybridized carbons (Fsp3) is 0.150. The van der Waals surface area contributed by atoms with Crippen LogP contribution in [0.1, 0.15) is 28.8 Å². The topological polar surface area (TPSA) is 66.9 Å². The minimum Gasteiger partial charge on any atom is -0.340 e. The molecule has 0 saturated heterocycles. The molecule has 0 fully saturated rings. The summed E-state index contributed by atoms with van der Waals surface area (Å²) in [7, 11) is 0. The largest absolute Gasteiger partial charge is 0.340 e. The predicted octanol–water partition coefficient (Wildman–Crippen LogP) is 5.00. The Morgan fingerprint density at radius 3 is 2.31 bits per heavy atom. The lowest BCUT2D eigenvalue weighted by Crippen LogP contribution is -2.15. The van der Waals surface area contributed by atoms with Crippen LogP contribution in [0.15, 0.2) is 54.6 Å². The van der Waals surface area contributed by atoms with Gasteiger partial charge in [0.25, 0.3) is 5.91 Å². The van der Waals surface area contributed by atoms with E-state index in [-0.39, 0.29) is 5.91 Å². The Morgan fingerprint density at radius 2 is 1.65 bits per heavy atom. The van der Waals surface area contributed by atoms with Crippen LogP contribution in [0, 0.1) is 6.92 Å². The van der Waals surface area contributed by atoms with Crippen LogP contribution in [0.3, 0.4) is 0 Å². The number of anilines is 3. The molecule has 132 valence electrons. The van der Waals surface area contributed by atoms with Crippen LogP contribution in [-0.4, -0.2) is 15.9 Å². The fourth-order valence-corrected chi connectivity index (χ4v) is 2.57. The van der Waals surface area contributed by atoms with Crippen molar-refractivity contribution in [2.45, 2.75) is 20.3 Å². The number of amides is 1. The zero-order valence-electron chi connectivity index (χ0n) is 14.6. The van der Waals surface area contributed by atoms with Gasteiger partial charge in [0.15, 0.2) is 0 Å². The Kier molecular flexibility index (Phi) is 5.49. The minimum atomic E-state index is -0.279. The summed E-state index contributed by atoms with van der Waals surface area (Å²) in [4.78, 5) is 21.1. The molecule has 1 heterocycles. The number of hydrogen-bond donors (Lipinski definition) is 2. The van der Waals surface area contributed by atoms with Crippen molar-refractivity contribution in [3.63, 3.8) is 0 Å². The molecule has 26 heavy (non-hydrogen) atoms. The monoisotopic (exact) mass is 366 g/mol. The number of carbonyl (C=O) groups is 1. The van der Waals surface area contributed by atoms with Crippen LogP contribution in [-0.2, 0) is 6.42 Å². The van der Waals surface area contributed by atoms with Crippen molar-refractivity contribution in [3.05, 3.63) is 76.7 Å². The lowest BCUT2D eigenvalue weighted by atomic mass is 10.1. The lowest BCUT2D eigenvalue weighted by Gasteiger charge is -2.09. The van der Waals surface area contributed by atoms with Crippen LogP contribution in [0.2, 0.25) is 5.02 Å². The number of benzene rings is 2. The van der Waals surface area contributed by atoms with Gasteiger partial charge in [-0.1, -0.05) is 30.7 Å². The molecule has 0 unspecified atom stereocenters. The Balaban J connectivity index is 1.77. The number of hydrogen-bond acceptors (Lipinski definition) is 4. The average molecular weight is 367 g/mol. The Labute approximate surface area is 157 Å². The average Bonchev–Trinajstić information content (AvgIpc) is 2.64. The second kappa shape index (κ2) is 7.97. The predicted molar refractivity (Wildman–Crippen MR) is 105 cm³/mol. The molecule has 0 atom stereocenters. The fourth-order valence-electron chi connectivity index (χ4n) is 2.45. The number of halogens is 1. The van der Waals surface area contributed by atoms with E-state index in [9.17, 15) is 4.79 Å². The number of nitrogens with zero attached hydrogens (tertiary/aromatic N) is 2. The molecular formula is C20H19ClN4O. The van der Waals surface area contributed by atoms with Crippen molar-refractivity contribution in [1.82, 2.24) is 9.97 Å². The van der Waals surface area contributed by atoms with E-state index in [1.807, 2.05) is 36.4 Å². The normalized spacial score (nSPS) is 10.4. The minimum absolute atomic E-state index is 0.279. The van der Waals surface area contributed by atoms with Crippen molar-refractivity contribution in [2.24, 2.45) is 0 Å². The van der Waals surface area contributed by atoms with Crippen molar-refractivity contribution in [2.75, 3.05) is 10.6 Å². The van der Waals surface area contributed by atoms with E-state index < -0.39 is 0 Å². The molecule has 6 heteroatoms. The summed E-state index contributed by atoms with van der Waals surface area (Å²) in [5.74, 6) is 0.778. The first-order valence-corrected chi connectivity index (χ1v) is 8.70. The van der Waals surface area contributed by atoms with E-state index >= 15 is 0 Å². The second-order valence-corrected chi connectivity index (χ2v) is 6.26. The molecule has 0 bridgehead atoms. The maximum Gasteiger partial charge on any atom is 0.274 e. The van der Waals surface area contributed by atoms with Crippen LogP contribution in [0.5, 0.6) is 0 Å². The molecule has 3 rings (SSSR count). The number of rotatable bonds is 5. The summed E-state index contributed by atoms with van der Waals surface area (Å²) in [6, 6.07) is 16.6. The second-order valence-electron chi connectivity index (χ2n) is 5.82. The SMILES string of the molecule is CCc1ccc(NC(=O)c2cc(Nc3ccc(Cl)cc3)nc(C)n2)cc1. The van der Waals surface area contributed by atoms with Gasteiger partial charge in [-0.05, 0) is 55.3 Å². The highest BCUT2D eigenvalue weighted by atomic mass is 35.5. The highest BCUT2D eigenvalue weighted by Gasteiger charge is 2.11. The van der Waals surface area contributed by atoms with Crippen molar-refractivity contribution in [3.8, 4) is 0 Å². The Hall–Kier alpha value is -2.92. The number of nitrogens with one attached hydrogen (secondary N) is 2. The maximum atomic E-state index is 12.5. The smallest absolute Gasteiger partial charge is 0.274 e. The first-order chi connectivity index (χ1) is 12.5. The third-order valence-electron chi connectivity index (χ3n) is 3.81. The van der Waals surface area contributed by atoms with E-state index in [1.165, 1.54) is 5.56 Å². The van der Waals surface area contributed by atoms with Crippen LogP contribution < -0.4 is 10.6 Å². The van der Waals surface area contributed by atoms with E-state index in [4.69, 9.17) is 11.6 Å². The molecular weight excluding hydrogens is 348 g/mol. The number of carbonyl (C=O) groups excluding carboxylic acids is 1. The molecule has 1 amide bonds. The van der Waals surface area contributed by atoms with Crippen LogP contribution >= 0.6 is 11.6 Å². The molecule has 0 radical (unpaired) electrons. The third-order valence-corrected chi connectivity index (χ3v) is 4.06. The Bertz CT molecular complexity index is 908. The lowest BCUT2D eigenvalue weighted by molar-refractivity contribution is 0.102. The van der Waals surface area contributed by atoms with Crippen molar-refractivity contribution >= 4 is 34.7 Å². The summed E-state index contributed by atoms with van der Waals surface area (Å²) in [5, 5.41) is 6.67. The van der Waals surface area contributed by atoms with Gasteiger partial charge in [-0.3, -0.25) is 4.79 Å². The van der Waals surface area contributed by atoms with Gasteiger partial charge in [-0.2, -0.15) is 0 Å². The molecule has 2 N–H and O–H groups in total. The van der Waals surface area contributed by atoms with Gasteiger partial charge >= 0.3 is 0 Å². The highest BCUT2D eigenvalue weighted by molar-refractivity contribution is 6.30. The van der Waals surface area contributed by atoms with Gasteiger partial charge in [0, 0.05) is 22.5 Å². The highest BCUT2D eigenvalue weighted by Crippen LogP contribution is 2.19. The van der Waals surface area contributed by atoms with E-state index in [1.54, 1.807) is 25.1 Å². The molecule has 0 spiro atoms. The van der Waals surface area contributed by atoms with Gasteiger partial charge in [-0.15, -0.1) is 0 Å². The first-order valence-electron chi connectivity index (χ1n) is 8.32. The molecule has 5 nitrogen and oxygen atoms in total. The summed E-state index contributed by atoms with van der Waals surface area (Å²) >= 11 is 5.90. The Morgan fingerprint density at radius 1 is 1.00 bits per heavy atom. The summed E-state index contributed by atoms with van der Waals surface area (Å²) in [6.45, 7) is 3.84. The summed E-state index contributed by atoms with van der Waals surface area (Å²) < 4.78 is 0. The standard InChI is InChI=1S/C20H19ClN4O/c1-3-14-4-8-17(9-5-14)25-20(26)18-12-19(23-13(2)22-18)24-16-10-6-15(21)7-11-16/h4-12H,3H2,1-2H3,(H,25,26)(H,22,23,24). The van der Waals surface area contributed by atoms with Gasteiger partial charge in [0.05, 0.1) is 0 Å². The molecule has 0 aliphatic rings. The maximum absolute atomic E-state index is 12.5. The van der Waals surface area contributed by atoms with Gasteiger partial charge in [0.2, 0.25) is 0 Å². The van der Waals surface area contributed by atoms with E-state index in [0.717, 1.165) is 17.8 Å². The number of aromatic nitrogens is 2. The molecule has 0 aliphatic carbocycles. The van der Waals surface area contributed by atoms with Gasteiger partial charge in [-0.25, -0.2) is 9.97 Å². The molecule has 0 saturated carbocycles. The quantitative estimate of drug-likeness (QED) is 0.667. The van der Waals surface area contributed by atoms with Gasteiger partial charge < -0.3 is 10.6 Å². The van der Waals surface area contributed by atoms with E-state index in [0.29, 0.717) is 22.4 Å². The molecule has 2 aromatic carbocycles. The van der Waals surface area contributed by atoms with Crippen molar-refractivity contribution < 1.29 is 4.79 Å². The zero-order valence-corrected chi connectivity index (χ0v) is 15.3. The number of aryl methyl sites for hydroxylation is 2. The first kappa shape index (κ1) is 17.9. The van der Waals surface area contributed by atoms with Crippen molar-refractivity contribution in [1.29, 1.82) is 0 Å². The van der Waals surface area contributed by atoms with Crippen LogP contribution in [0.4, 0.5) is 17.2 Å². The van der Waals surface area contributed by atoms with Crippen LogP contribution in [0.25, 0.3) is 0 Å². The summed E-state index contributed by atoms with van der Waals surface area (Å²) in [5.41, 5.74) is 3.08.